The van der Waals surface area contributed by atoms with Crippen LogP contribution < -0.4 is 0 Å². The van der Waals surface area contributed by atoms with Gasteiger partial charge in [-0.15, -0.1) is 0 Å². The molecule has 1 atom stereocenters. The largest absolute Gasteiger partial charge is 0.306 e. The molecular weight excluding hydrogens is 310 g/mol. The first-order chi connectivity index (χ1) is 9.84. The fourth-order valence-corrected chi connectivity index (χ4v) is 4.13. The van der Waals surface area contributed by atoms with E-state index in [0.717, 1.165) is 19.5 Å². The van der Waals surface area contributed by atoms with E-state index in [9.17, 15) is 8.42 Å². The summed E-state index contributed by atoms with van der Waals surface area (Å²) in [6, 6.07) is 6.13. The van der Waals surface area contributed by atoms with Crippen molar-refractivity contribution in [2.45, 2.75) is 11.3 Å². The fraction of sp³-hybridized carbons (Fsp3) is 0.500. The molecule has 0 spiro atoms. The molecule has 0 N–H and O–H groups in total. The number of rotatable bonds is 4. The van der Waals surface area contributed by atoms with Crippen LogP contribution in [0, 0.1) is 17.2 Å². The summed E-state index contributed by atoms with van der Waals surface area (Å²) in [5, 5.41) is 9.00. The predicted molar refractivity (Wildman–Crippen MR) is 81.6 cm³/mol. The van der Waals surface area contributed by atoms with Gasteiger partial charge < -0.3 is 4.90 Å². The Balaban J connectivity index is 2.17. The zero-order chi connectivity index (χ0) is 15.6. The van der Waals surface area contributed by atoms with E-state index in [1.54, 1.807) is 7.05 Å². The van der Waals surface area contributed by atoms with Gasteiger partial charge in [-0.3, -0.25) is 0 Å². The summed E-state index contributed by atoms with van der Waals surface area (Å²) < 4.78 is 26.4. The smallest absolute Gasteiger partial charge is 0.242 e. The van der Waals surface area contributed by atoms with E-state index in [-0.39, 0.29) is 15.5 Å². The SMILES string of the molecule is CN1CCC(CN(C)S(=O)(=O)c2ccc(C#N)c(Cl)c2)C1. The van der Waals surface area contributed by atoms with Gasteiger partial charge in [-0.25, -0.2) is 12.7 Å². The van der Waals surface area contributed by atoms with Gasteiger partial charge >= 0.3 is 0 Å². The first-order valence-electron chi connectivity index (χ1n) is 6.69. The Kier molecular flexibility index (Phi) is 4.89. The third-order valence-corrected chi connectivity index (χ3v) is 5.91. The molecule has 1 aromatic carbocycles. The van der Waals surface area contributed by atoms with Gasteiger partial charge in [0.15, 0.2) is 0 Å². The van der Waals surface area contributed by atoms with Crippen molar-refractivity contribution in [2.24, 2.45) is 5.92 Å². The first-order valence-corrected chi connectivity index (χ1v) is 8.51. The van der Waals surface area contributed by atoms with Crippen molar-refractivity contribution in [3.05, 3.63) is 28.8 Å². The zero-order valence-electron chi connectivity index (χ0n) is 12.1. The summed E-state index contributed by atoms with van der Waals surface area (Å²) in [4.78, 5) is 2.32. The van der Waals surface area contributed by atoms with Crippen LogP contribution in [0.25, 0.3) is 0 Å². The molecule has 0 amide bonds. The van der Waals surface area contributed by atoms with Gasteiger partial charge in [0, 0.05) is 20.1 Å². The predicted octanol–water partition coefficient (Wildman–Crippen LogP) is 1.78. The molecule has 1 aromatic rings. The molecule has 21 heavy (non-hydrogen) atoms. The summed E-state index contributed by atoms with van der Waals surface area (Å²) in [5.41, 5.74) is 0.274. The highest BCUT2D eigenvalue weighted by Crippen LogP contribution is 2.24. The second kappa shape index (κ2) is 6.32. The minimum Gasteiger partial charge on any atom is -0.306 e. The van der Waals surface area contributed by atoms with Crippen LogP contribution in [0.1, 0.15) is 12.0 Å². The van der Waals surface area contributed by atoms with E-state index in [1.165, 1.54) is 22.5 Å². The number of sulfonamides is 1. The van der Waals surface area contributed by atoms with E-state index < -0.39 is 10.0 Å². The molecule has 0 bridgehead atoms. The molecule has 1 heterocycles. The molecular formula is C14H18ClN3O2S. The number of likely N-dealkylation sites (tertiary alicyclic amines) is 1. The number of halogens is 1. The summed E-state index contributed by atoms with van der Waals surface area (Å²) in [6.45, 7) is 2.40. The highest BCUT2D eigenvalue weighted by Gasteiger charge is 2.27. The molecule has 0 aliphatic carbocycles. The van der Waals surface area contributed by atoms with Crippen LogP contribution in [0.15, 0.2) is 23.1 Å². The van der Waals surface area contributed by atoms with Gasteiger partial charge in [0.2, 0.25) is 10.0 Å². The minimum atomic E-state index is -3.57. The van der Waals surface area contributed by atoms with Crippen molar-refractivity contribution in [2.75, 3.05) is 33.7 Å². The second-order valence-corrected chi connectivity index (χ2v) is 7.91. The summed E-state index contributed by atoms with van der Waals surface area (Å²) in [7, 11) is 0.0492. The molecule has 0 aromatic heterocycles. The molecule has 1 saturated heterocycles. The van der Waals surface area contributed by atoms with Crippen LogP contribution in [0.2, 0.25) is 5.02 Å². The van der Waals surface area contributed by atoms with Gasteiger partial charge in [-0.2, -0.15) is 5.26 Å². The monoisotopic (exact) mass is 327 g/mol. The van der Waals surface area contributed by atoms with Crippen LogP contribution in [0.3, 0.4) is 0 Å². The number of nitrogens with zero attached hydrogens (tertiary/aromatic N) is 3. The third-order valence-electron chi connectivity index (χ3n) is 3.77. The molecule has 0 saturated carbocycles. The quantitative estimate of drug-likeness (QED) is 0.845. The second-order valence-electron chi connectivity index (χ2n) is 5.46. The molecule has 1 fully saturated rings. The number of benzene rings is 1. The van der Waals surface area contributed by atoms with Crippen molar-refractivity contribution in [3.63, 3.8) is 0 Å². The molecule has 5 nitrogen and oxygen atoms in total. The van der Waals surface area contributed by atoms with E-state index in [2.05, 4.69) is 4.90 Å². The molecule has 1 aliphatic rings. The standard InChI is InChI=1S/C14H18ClN3O2S/c1-17-6-5-11(9-17)10-18(2)21(19,20)13-4-3-12(8-16)14(15)7-13/h3-4,7,11H,5-6,9-10H2,1-2H3. The van der Waals surface area contributed by atoms with Crippen LogP contribution in [0.5, 0.6) is 0 Å². The Bertz CT molecular complexity index is 669. The highest BCUT2D eigenvalue weighted by atomic mass is 35.5. The lowest BCUT2D eigenvalue weighted by Crippen LogP contribution is -2.32. The summed E-state index contributed by atoms with van der Waals surface area (Å²) in [5.74, 6) is 0.351. The summed E-state index contributed by atoms with van der Waals surface area (Å²) >= 11 is 5.92. The summed E-state index contributed by atoms with van der Waals surface area (Å²) in [6.07, 6.45) is 1.00. The van der Waals surface area contributed by atoms with Crippen molar-refractivity contribution in [1.82, 2.24) is 9.21 Å². The lowest BCUT2D eigenvalue weighted by molar-refractivity contribution is 0.357. The van der Waals surface area contributed by atoms with E-state index in [4.69, 9.17) is 16.9 Å². The lowest BCUT2D eigenvalue weighted by atomic mass is 10.1. The van der Waals surface area contributed by atoms with Crippen molar-refractivity contribution in [1.29, 1.82) is 5.26 Å². The normalized spacial score (nSPS) is 19.9. The van der Waals surface area contributed by atoms with Crippen molar-refractivity contribution < 1.29 is 8.42 Å². The molecule has 114 valence electrons. The third kappa shape index (κ3) is 3.55. The van der Waals surface area contributed by atoms with Gasteiger partial charge in [-0.1, -0.05) is 11.6 Å². The maximum absolute atomic E-state index is 12.5. The van der Waals surface area contributed by atoms with Gasteiger partial charge in [0.05, 0.1) is 15.5 Å². The van der Waals surface area contributed by atoms with Gasteiger partial charge in [0.1, 0.15) is 6.07 Å². The van der Waals surface area contributed by atoms with Crippen LogP contribution >= 0.6 is 11.6 Å². The van der Waals surface area contributed by atoms with Crippen molar-refractivity contribution in [3.8, 4) is 6.07 Å². The van der Waals surface area contributed by atoms with Crippen LogP contribution in [-0.2, 0) is 10.0 Å². The minimum absolute atomic E-state index is 0.125. The lowest BCUT2D eigenvalue weighted by Gasteiger charge is -2.21. The molecule has 2 rings (SSSR count). The van der Waals surface area contributed by atoms with E-state index in [0.29, 0.717) is 12.5 Å². The molecule has 1 aliphatic heterocycles. The average molecular weight is 328 g/mol. The maximum Gasteiger partial charge on any atom is 0.242 e. The van der Waals surface area contributed by atoms with Crippen LogP contribution in [-0.4, -0.2) is 51.4 Å². The molecule has 7 heteroatoms. The highest BCUT2D eigenvalue weighted by molar-refractivity contribution is 7.89. The Labute approximate surface area is 130 Å². The zero-order valence-corrected chi connectivity index (χ0v) is 13.7. The molecule has 0 radical (unpaired) electrons. The first kappa shape index (κ1) is 16.2. The Morgan fingerprint density at radius 2 is 2.24 bits per heavy atom. The maximum atomic E-state index is 12.5. The van der Waals surface area contributed by atoms with Gasteiger partial charge in [-0.05, 0) is 44.1 Å². The number of hydrogen-bond donors (Lipinski definition) is 0. The molecule has 1 unspecified atom stereocenters. The topological polar surface area (TPSA) is 64.4 Å². The number of hydrogen-bond acceptors (Lipinski definition) is 4. The Hall–Kier alpha value is -1.13. The van der Waals surface area contributed by atoms with Crippen molar-refractivity contribution >= 4 is 21.6 Å². The Morgan fingerprint density at radius 1 is 1.52 bits per heavy atom. The van der Waals surface area contributed by atoms with Gasteiger partial charge in [0.25, 0.3) is 0 Å². The van der Waals surface area contributed by atoms with E-state index in [1.807, 2.05) is 13.1 Å². The van der Waals surface area contributed by atoms with Crippen LogP contribution in [0.4, 0.5) is 0 Å². The average Bonchev–Trinajstić information content (AvgIpc) is 2.83. The number of nitriles is 1. The Morgan fingerprint density at radius 3 is 2.76 bits per heavy atom. The van der Waals surface area contributed by atoms with E-state index >= 15 is 0 Å². The fourth-order valence-electron chi connectivity index (χ4n) is 2.56.